The number of nitrogens with zero attached hydrogens (tertiary/aromatic N) is 1. The minimum atomic E-state index is -0.402. The van der Waals surface area contributed by atoms with Gasteiger partial charge in [0, 0.05) is 19.7 Å². The van der Waals surface area contributed by atoms with Crippen molar-refractivity contribution in [1.29, 1.82) is 0 Å². The van der Waals surface area contributed by atoms with Gasteiger partial charge in [-0.1, -0.05) is 18.2 Å². The highest BCUT2D eigenvalue weighted by molar-refractivity contribution is 5.79. The largest absolute Gasteiger partial charge is 0.390 e. The molecule has 0 bridgehead atoms. The molecule has 1 atom stereocenters. The Hall–Kier alpha value is -1.39. The van der Waals surface area contributed by atoms with Gasteiger partial charge in [0.15, 0.2) is 0 Å². The molecule has 2 aliphatic heterocycles. The van der Waals surface area contributed by atoms with E-state index in [2.05, 4.69) is 18.2 Å². The van der Waals surface area contributed by atoms with E-state index in [4.69, 9.17) is 4.74 Å². The van der Waals surface area contributed by atoms with Crippen molar-refractivity contribution in [2.75, 3.05) is 19.7 Å². The Morgan fingerprint density at radius 2 is 1.92 bits per heavy atom. The molecule has 2 saturated heterocycles. The Labute approximate surface area is 150 Å². The molecule has 0 unspecified atom stereocenters. The number of aliphatic hydroxyl groups is 1. The summed E-state index contributed by atoms with van der Waals surface area (Å²) in [7, 11) is 0. The molecule has 1 spiro atoms. The molecule has 4 nitrogen and oxygen atoms in total. The third-order valence-electron chi connectivity index (χ3n) is 6.35. The minimum absolute atomic E-state index is 0.205. The fraction of sp³-hybridized carbons (Fsp3) is 0.667. The Balaban J connectivity index is 1.36. The van der Waals surface area contributed by atoms with Gasteiger partial charge in [0.1, 0.15) is 0 Å². The van der Waals surface area contributed by atoms with Gasteiger partial charge in [0.25, 0.3) is 0 Å². The van der Waals surface area contributed by atoms with E-state index in [-0.39, 0.29) is 12.0 Å². The van der Waals surface area contributed by atoms with Gasteiger partial charge >= 0.3 is 0 Å². The van der Waals surface area contributed by atoms with Crippen LogP contribution in [0.4, 0.5) is 0 Å². The fourth-order valence-electron chi connectivity index (χ4n) is 4.71. The lowest BCUT2D eigenvalue weighted by Gasteiger charge is -2.46. The van der Waals surface area contributed by atoms with Crippen LogP contribution in [0.5, 0.6) is 0 Å². The number of carbonyl (C=O) groups excluding carboxylic acids is 1. The van der Waals surface area contributed by atoms with Gasteiger partial charge in [-0.15, -0.1) is 0 Å². The number of carbonyl (C=O) groups is 1. The van der Waals surface area contributed by atoms with Gasteiger partial charge in [-0.2, -0.15) is 0 Å². The monoisotopic (exact) mass is 343 g/mol. The molecule has 25 heavy (non-hydrogen) atoms. The smallest absolute Gasteiger partial charge is 0.226 e. The van der Waals surface area contributed by atoms with E-state index in [0.717, 1.165) is 44.3 Å². The zero-order valence-corrected chi connectivity index (χ0v) is 15.0. The third kappa shape index (κ3) is 3.47. The van der Waals surface area contributed by atoms with Crippen LogP contribution in [-0.2, 0) is 28.8 Å². The molecule has 0 aromatic heterocycles. The number of amides is 1. The summed E-state index contributed by atoms with van der Waals surface area (Å²) in [5.41, 5.74) is 3.64. The van der Waals surface area contributed by atoms with Crippen molar-refractivity contribution < 1.29 is 14.6 Å². The normalized spacial score (nSPS) is 25.6. The average Bonchev–Trinajstić information content (AvgIpc) is 2.65. The quantitative estimate of drug-likeness (QED) is 0.898. The molecule has 1 aliphatic carbocycles. The van der Waals surface area contributed by atoms with Crippen LogP contribution in [-0.4, -0.2) is 47.3 Å². The molecule has 4 rings (SSSR count). The average molecular weight is 343 g/mol. The van der Waals surface area contributed by atoms with Crippen molar-refractivity contribution >= 4 is 5.91 Å². The highest BCUT2D eigenvalue weighted by Gasteiger charge is 2.44. The van der Waals surface area contributed by atoms with E-state index in [1.807, 2.05) is 4.90 Å². The zero-order valence-electron chi connectivity index (χ0n) is 15.0. The van der Waals surface area contributed by atoms with E-state index in [9.17, 15) is 9.90 Å². The predicted molar refractivity (Wildman–Crippen MR) is 96.5 cm³/mol. The molecule has 2 heterocycles. The van der Waals surface area contributed by atoms with Crippen LogP contribution in [0.25, 0.3) is 0 Å². The summed E-state index contributed by atoms with van der Waals surface area (Å²) in [4.78, 5) is 14.7. The molecule has 136 valence electrons. The van der Waals surface area contributed by atoms with Crippen molar-refractivity contribution in [3.8, 4) is 0 Å². The fourth-order valence-corrected chi connectivity index (χ4v) is 4.71. The van der Waals surface area contributed by atoms with Crippen molar-refractivity contribution in [3.63, 3.8) is 0 Å². The Kier molecular flexibility index (Phi) is 4.83. The van der Waals surface area contributed by atoms with Crippen LogP contribution in [0, 0.1) is 0 Å². The Morgan fingerprint density at radius 3 is 2.68 bits per heavy atom. The molecule has 1 N–H and O–H groups in total. The standard InChI is InChI=1S/C21H29NO3/c23-19-6-3-13-25-21(19)9-11-22(12-10-21)20(24)15-16-7-8-17-4-1-2-5-18(17)14-16/h7-8,14,19,23H,1-6,9-13,15H2/t19-/m1/s1. The molecule has 0 radical (unpaired) electrons. The maximum absolute atomic E-state index is 12.7. The summed E-state index contributed by atoms with van der Waals surface area (Å²) in [6, 6.07) is 6.59. The lowest BCUT2D eigenvalue weighted by Crippen LogP contribution is -2.56. The number of hydrogen-bond donors (Lipinski definition) is 1. The van der Waals surface area contributed by atoms with Gasteiger partial charge < -0.3 is 14.7 Å². The Bertz CT molecular complexity index is 634. The van der Waals surface area contributed by atoms with Crippen LogP contribution in [0.3, 0.4) is 0 Å². The van der Waals surface area contributed by atoms with Gasteiger partial charge in [0.05, 0.1) is 18.1 Å². The molecular formula is C21H29NO3. The van der Waals surface area contributed by atoms with E-state index in [1.165, 1.54) is 30.4 Å². The number of benzene rings is 1. The molecule has 1 amide bonds. The van der Waals surface area contributed by atoms with E-state index < -0.39 is 5.60 Å². The number of piperidine rings is 1. The first-order valence-electron chi connectivity index (χ1n) is 9.87. The van der Waals surface area contributed by atoms with Crippen molar-refractivity contribution in [2.45, 2.75) is 69.5 Å². The number of fused-ring (bicyclic) bond motifs is 1. The maximum atomic E-state index is 12.7. The summed E-state index contributed by atoms with van der Waals surface area (Å²) >= 11 is 0. The van der Waals surface area contributed by atoms with Gasteiger partial charge in [-0.25, -0.2) is 0 Å². The number of aliphatic hydroxyl groups excluding tert-OH is 1. The first kappa shape index (κ1) is 17.0. The summed E-state index contributed by atoms with van der Waals surface area (Å²) in [6.07, 6.45) is 8.26. The Morgan fingerprint density at radius 1 is 1.16 bits per heavy atom. The highest BCUT2D eigenvalue weighted by atomic mass is 16.5. The van der Waals surface area contributed by atoms with Crippen molar-refractivity contribution in [2.24, 2.45) is 0 Å². The molecule has 3 aliphatic rings. The topological polar surface area (TPSA) is 49.8 Å². The van der Waals surface area contributed by atoms with Crippen molar-refractivity contribution in [3.05, 3.63) is 34.9 Å². The number of aryl methyl sites for hydroxylation is 2. The van der Waals surface area contributed by atoms with Crippen LogP contribution < -0.4 is 0 Å². The number of likely N-dealkylation sites (tertiary alicyclic amines) is 1. The second kappa shape index (κ2) is 7.08. The van der Waals surface area contributed by atoms with Crippen molar-refractivity contribution in [1.82, 2.24) is 4.90 Å². The van der Waals surface area contributed by atoms with Gasteiger partial charge in [-0.3, -0.25) is 4.79 Å². The van der Waals surface area contributed by atoms with Crippen LogP contribution in [0.15, 0.2) is 18.2 Å². The maximum Gasteiger partial charge on any atom is 0.226 e. The van der Waals surface area contributed by atoms with Crippen LogP contribution in [0.2, 0.25) is 0 Å². The molecule has 1 aromatic rings. The summed E-state index contributed by atoms with van der Waals surface area (Å²) in [5.74, 6) is 0.205. The summed E-state index contributed by atoms with van der Waals surface area (Å²) in [5, 5.41) is 10.3. The first-order chi connectivity index (χ1) is 12.2. The summed E-state index contributed by atoms with van der Waals surface area (Å²) < 4.78 is 5.94. The number of hydrogen-bond acceptors (Lipinski definition) is 3. The van der Waals surface area contributed by atoms with E-state index in [0.29, 0.717) is 19.5 Å². The number of ether oxygens (including phenoxy) is 1. The minimum Gasteiger partial charge on any atom is -0.390 e. The second-order valence-corrected chi connectivity index (χ2v) is 7.94. The van der Waals surface area contributed by atoms with Gasteiger partial charge in [0.2, 0.25) is 5.91 Å². The highest BCUT2D eigenvalue weighted by Crippen LogP contribution is 2.35. The van der Waals surface area contributed by atoms with Gasteiger partial charge in [-0.05, 0) is 68.1 Å². The lowest BCUT2D eigenvalue weighted by atomic mass is 9.82. The first-order valence-corrected chi connectivity index (χ1v) is 9.87. The summed E-state index contributed by atoms with van der Waals surface area (Å²) in [6.45, 7) is 2.13. The van der Waals surface area contributed by atoms with E-state index >= 15 is 0 Å². The zero-order chi connectivity index (χ0) is 17.3. The van der Waals surface area contributed by atoms with Crippen LogP contribution >= 0.6 is 0 Å². The molecular weight excluding hydrogens is 314 g/mol. The molecule has 0 saturated carbocycles. The third-order valence-corrected chi connectivity index (χ3v) is 6.35. The van der Waals surface area contributed by atoms with E-state index in [1.54, 1.807) is 0 Å². The SMILES string of the molecule is O=C(Cc1ccc2c(c1)CCCC2)N1CCC2(CC1)OCCC[C@H]2O. The lowest BCUT2D eigenvalue weighted by molar-refractivity contribution is -0.179. The molecule has 1 aromatic carbocycles. The van der Waals surface area contributed by atoms with Crippen LogP contribution in [0.1, 0.15) is 55.2 Å². The predicted octanol–water partition coefficient (Wildman–Crippen LogP) is 2.64. The number of rotatable bonds is 2. The second-order valence-electron chi connectivity index (χ2n) is 7.94. The molecule has 4 heteroatoms. The molecule has 2 fully saturated rings.